The lowest BCUT2D eigenvalue weighted by Gasteiger charge is -2.54. The molecule has 0 nitrogen and oxygen atoms in total. The number of rotatable bonds is 6. The molecule has 0 amide bonds. The maximum atomic E-state index is 14.9. The van der Waals surface area contributed by atoms with E-state index in [0.29, 0.717) is 16.5 Å². The molecule has 3 fully saturated rings. The van der Waals surface area contributed by atoms with Crippen molar-refractivity contribution in [3.63, 3.8) is 0 Å². The Morgan fingerprint density at radius 3 is 2.07 bits per heavy atom. The number of hydrogen-bond donors (Lipinski definition) is 0. The molecular formula is C25H29F3. The number of hydrogen-bond acceptors (Lipinski definition) is 0. The molecule has 0 heterocycles. The van der Waals surface area contributed by atoms with Crippen LogP contribution in [0.5, 0.6) is 0 Å². The van der Waals surface area contributed by atoms with Gasteiger partial charge >= 0.3 is 0 Å². The van der Waals surface area contributed by atoms with Gasteiger partial charge in [-0.1, -0.05) is 44.4 Å². The second kappa shape index (κ2) is 7.57. The predicted octanol–water partition coefficient (Wildman–Crippen LogP) is 7.94. The summed E-state index contributed by atoms with van der Waals surface area (Å²) in [4.78, 5) is 0. The van der Waals surface area contributed by atoms with Gasteiger partial charge in [0.05, 0.1) is 0 Å². The fourth-order valence-corrected chi connectivity index (χ4v) is 5.56. The lowest BCUT2D eigenvalue weighted by molar-refractivity contribution is 0.0304. The van der Waals surface area contributed by atoms with Gasteiger partial charge in [-0.2, -0.15) is 0 Å². The van der Waals surface area contributed by atoms with Gasteiger partial charge in [-0.25, -0.2) is 13.2 Å². The fourth-order valence-electron chi connectivity index (χ4n) is 5.56. The van der Waals surface area contributed by atoms with Crippen LogP contribution in [0.2, 0.25) is 0 Å². The molecule has 0 atom stereocenters. The van der Waals surface area contributed by atoms with Crippen LogP contribution in [0.15, 0.2) is 36.4 Å². The van der Waals surface area contributed by atoms with E-state index >= 15 is 0 Å². The van der Waals surface area contributed by atoms with E-state index < -0.39 is 11.6 Å². The molecule has 2 aromatic carbocycles. The van der Waals surface area contributed by atoms with E-state index in [1.54, 1.807) is 12.1 Å². The van der Waals surface area contributed by atoms with E-state index in [2.05, 4.69) is 6.92 Å². The fraction of sp³-hybridized carbons (Fsp3) is 0.520. The Kier molecular flexibility index (Phi) is 5.28. The molecule has 0 radical (unpaired) electrons. The van der Waals surface area contributed by atoms with Crippen molar-refractivity contribution in [3.8, 4) is 11.1 Å². The van der Waals surface area contributed by atoms with E-state index in [9.17, 15) is 13.2 Å². The first-order valence-corrected chi connectivity index (χ1v) is 10.7. The maximum Gasteiger partial charge on any atom is 0.159 e. The third kappa shape index (κ3) is 3.49. The zero-order valence-electron chi connectivity index (χ0n) is 16.7. The van der Waals surface area contributed by atoms with E-state index in [0.717, 1.165) is 37.0 Å². The lowest BCUT2D eigenvalue weighted by Crippen LogP contribution is -2.44. The summed E-state index contributed by atoms with van der Waals surface area (Å²) in [5.74, 6) is -2.20. The van der Waals surface area contributed by atoms with Crippen LogP contribution in [-0.2, 0) is 5.41 Å². The summed E-state index contributed by atoms with van der Waals surface area (Å²) >= 11 is 0. The first kappa shape index (κ1) is 19.5. The van der Waals surface area contributed by atoms with Gasteiger partial charge in [0.2, 0.25) is 0 Å². The van der Waals surface area contributed by atoms with Gasteiger partial charge in [0, 0.05) is 5.56 Å². The van der Waals surface area contributed by atoms with Crippen molar-refractivity contribution in [2.24, 2.45) is 5.41 Å². The monoisotopic (exact) mass is 386 g/mol. The van der Waals surface area contributed by atoms with E-state index in [1.807, 2.05) is 6.07 Å². The van der Waals surface area contributed by atoms with Crippen molar-refractivity contribution < 1.29 is 13.2 Å². The summed E-state index contributed by atoms with van der Waals surface area (Å²) in [6.07, 6.45) is 12.5. The third-order valence-corrected chi connectivity index (χ3v) is 7.52. The molecule has 0 saturated heterocycles. The molecule has 5 rings (SSSR count). The van der Waals surface area contributed by atoms with Crippen LogP contribution in [0.25, 0.3) is 11.1 Å². The molecule has 28 heavy (non-hydrogen) atoms. The molecule has 0 aromatic heterocycles. The molecule has 3 saturated carbocycles. The summed E-state index contributed by atoms with van der Waals surface area (Å²) in [6.45, 7) is 2.25. The zero-order valence-corrected chi connectivity index (χ0v) is 16.7. The molecule has 0 spiro atoms. The second-order valence-corrected chi connectivity index (χ2v) is 9.06. The molecule has 0 unspecified atom stereocenters. The molecule has 2 aromatic rings. The van der Waals surface area contributed by atoms with Gasteiger partial charge in [-0.05, 0) is 85.1 Å². The van der Waals surface area contributed by atoms with Crippen molar-refractivity contribution in [3.05, 3.63) is 59.4 Å². The van der Waals surface area contributed by atoms with Crippen molar-refractivity contribution >= 4 is 0 Å². The predicted molar refractivity (Wildman–Crippen MR) is 108 cm³/mol. The van der Waals surface area contributed by atoms with Crippen LogP contribution in [0.1, 0.15) is 76.7 Å². The number of unbranched alkanes of at least 4 members (excludes halogenated alkanes) is 2. The van der Waals surface area contributed by atoms with Crippen molar-refractivity contribution in [1.29, 1.82) is 0 Å². The summed E-state index contributed by atoms with van der Waals surface area (Å²) in [5.41, 5.74) is 2.42. The van der Waals surface area contributed by atoms with Crippen LogP contribution in [0.4, 0.5) is 13.2 Å². The van der Waals surface area contributed by atoms with E-state index in [1.165, 1.54) is 51.0 Å². The largest absolute Gasteiger partial charge is 0.206 e. The zero-order chi connectivity index (χ0) is 19.8. The Balaban J connectivity index is 1.53. The standard InChI is InChI=1S/C25H29F3/c1-2-3-4-9-24-10-13-25(14-11-24,15-12-24)19-6-7-20(22(27)17-19)18-5-8-21(26)23(28)16-18/h5-8,16-17H,2-4,9-15H2,1H3. The molecule has 3 aliphatic rings. The normalized spacial score (nSPS) is 26.6. The smallest absolute Gasteiger partial charge is 0.159 e. The number of halogens is 3. The minimum atomic E-state index is -0.946. The topological polar surface area (TPSA) is 0 Å². The number of benzene rings is 2. The highest BCUT2D eigenvalue weighted by Crippen LogP contribution is 2.59. The van der Waals surface area contributed by atoms with Crippen LogP contribution < -0.4 is 0 Å². The second-order valence-electron chi connectivity index (χ2n) is 9.06. The van der Waals surface area contributed by atoms with Gasteiger partial charge in [0.1, 0.15) is 5.82 Å². The highest BCUT2D eigenvalue weighted by Gasteiger charge is 2.48. The van der Waals surface area contributed by atoms with Gasteiger partial charge < -0.3 is 0 Å². The van der Waals surface area contributed by atoms with E-state index in [4.69, 9.17) is 0 Å². The van der Waals surface area contributed by atoms with Crippen LogP contribution in [-0.4, -0.2) is 0 Å². The Morgan fingerprint density at radius 1 is 0.750 bits per heavy atom. The summed E-state index contributed by atoms with van der Waals surface area (Å²) < 4.78 is 41.6. The first-order valence-electron chi connectivity index (χ1n) is 10.7. The Hall–Kier alpha value is -1.77. The van der Waals surface area contributed by atoms with Gasteiger partial charge in [0.15, 0.2) is 11.6 Å². The SMILES string of the molecule is CCCCCC12CCC(c3ccc(-c4ccc(F)c(F)c4)c(F)c3)(CC1)CC2. The van der Waals surface area contributed by atoms with Crippen molar-refractivity contribution in [2.75, 3.05) is 0 Å². The molecule has 3 heteroatoms. The van der Waals surface area contributed by atoms with Gasteiger partial charge in [0.25, 0.3) is 0 Å². The quantitative estimate of drug-likeness (QED) is 0.442. The summed E-state index contributed by atoms with van der Waals surface area (Å²) in [5, 5.41) is 0. The van der Waals surface area contributed by atoms with Gasteiger partial charge in [-0.3, -0.25) is 0 Å². The molecule has 3 aliphatic carbocycles. The number of fused-ring (bicyclic) bond motifs is 3. The lowest BCUT2D eigenvalue weighted by atomic mass is 9.51. The third-order valence-electron chi connectivity index (χ3n) is 7.52. The maximum absolute atomic E-state index is 14.9. The molecule has 0 N–H and O–H groups in total. The molecular weight excluding hydrogens is 357 g/mol. The van der Waals surface area contributed by atoms with Crippen LogP contribution >= 0.6 is 0 Å². The summed E-state index contributed by atoms with van der Waals surface area (Å²) in [6, 6.07) is 8.94. The molecule has 2 bridgehead atoms. The molecule has 150 valence electrons. The first-order chi connectivity index (χ1) is 13.5. The minimum absolute atomic E-state index is 0.0971. The highest BCUT2D eigenvalue weighted by molar-refractivity contribution is 5.65. The van der Waals surface area contributed by atoms with Crippen LogP contribution in [0.3, 0.4) is 0 Å². The Labute approximate surface area is 166 Å². The molecule has 0 aliphatic heterocycles. The van der Waals surface area contributed by atoms with Crippen LogP contribution in [0, 0.1) is 22.9 Å². The van der Waals surface area contributed by atoms with Crippen molar-refractivity contribution in [1.82, 2.24) is 0 Å². The summed E-state index contributed by atoms with van der Waals surface area (Å²) in [7, 11) is 0. The average molecular weight is 387 g/mol. The van der Waals surface area contributed by atoms with Gasteiger partial charge in [-0.15, -0.1) is 0 Å². The Morgan fingerprint density at radius 2 is 1.46 bits per heavy atom. The average Bonchev–Trinajstić information content (AvgIpc) is 2.72. The minimum Gasteiger partial charge on any atom is -0.206 e. The van der Waals surface area contributed by atoms with Crippen molar-refractivity contribution in [2.45, 2.75) is 76.5 Å². The Bertz CT molecular complexity index is 830. The highest BCUT2D eigenvalue weighted by atomic mass is 19.2. The van der Waals surface area contributed by atoms with E-state index in [-0.39, 0.29) is 11.2 Å².